The van der Waals surface area contributed by atoms with Crippen LogP contribution in [0.4, 0.5) is 0 Å². The first kappa shape index (κ1) is 25.9. The van der Waals surface area contributed by atoms with Gasteiger partial charge in [-0.25, -0.2) is 0 Å². The van der Waals surface area contributed by atoms with E-state index in [1.807, 2.05) is 0 Å². The van der Waals surface area contributed by atoms with Crippen molar-refractivity contribution in [3.63, 3.8) is 0 Å². The Morgan fingerprint density at radius 2 is 0.615 bits per heavy atom. The standard InChI is InChI=1S/C24H50O2/c1-2-3-4-5-6-7-8-9-10-11-12-13-14-15-16-17-18-19-20-21-22-23-24(25)26/h24-26H,2-23H2,1H3. The molecule has 0 atom stereocenters. The van der Waals surface area contributed by atoms with Crippen LogP contribution in [-0.4, -0.2) is 16.5 Å². The van der Waals surface area contributed by atoms with Crippen LogP contribution in [-0.2, 0) is 0 Å². The summed E-state index contributed by atoms with van der Waals surface area (Å²) in [4.78, 5) is 0. The van der Waals surface area contributed by atoms with Crippen LogP contribution in [0, 0.1) is 0 Å². The summed E-state index contributed by atoms with van der Waals surface area (Å²) in [6.07, 6.45) is 28.5. The van der Waals surface area contributed by atoms with E-state index in [2.05, 4.69) is 6.92 Å². The Kier molecular flexibility index (Phi) is 22.9. The molecule has 2 nitrogen and oxygen atoms in total. The highest BCUT2D eigenvalue weighted by atomic mass is 16.5. The first-order valence-corrected chi connectivity index (χ1v) is 12.1. The lowest BCUT2D eigenvalue weighted by atomic mass is 10.0. The van der Waals surface area contributed by atoms with Crippen LogP contribution in [0.3, 0.4) is 0 Å². The van der Waals surface area contributed by atoms with E-state index in [9.17, 15) is 0 Å². The third-order valence-corrected chi connectivity index (χ3v) is 5.57. The summed E-state index contributed by atoms with van der Waals surface area (Å²) in [7, 11) is 0. The molecule has 0 saturated heterocycles. The minimum atomic E-state index is -1.10. The monoisotopic (exact) mass is 370 g/mol. The van der Waals surface area contributed by atoms with E-state index in [1.165, 1.54) is 122 Å². The molecule has 0 aliphatic carbocycles. The van der Waals surface area contributed by atoms with Crippen LogP contribution in [0.25, 0.3) is 0 Å². The molecule has 0 saturated carbocycles. The van der Waals surface area contributed by atoms with E-state index in [0.717, 1.165) is 12.8 Å². The Bertz CT molecular complexity index is 240. The predicted octanol–water partition coefficient (Wildman–Crippen LogP) is 7.90. The molecule has 0 aromatic heterocycles. The molecule has 0 aromatic rings. The lowest BCUT2D eigenvalue weighted by Crippen LogP contribution is -2.02. The van der Waals surface area contributed by atoms with E-state index < -0.39 is 6.29 Å². The van der Waals surface area contributed by atoms with Gasteiger partial charge in [-0.3, -0.25) is 0 Å². The second kappa shape index (κ2) is 23.0. The van der Waals surface area contributed by atoms with Gasteiger partial charge in [-0.2, -0.15) is 0 Å². The van der Waals surface area contributed by atoms with Crippen molar-refractivity contribution in [2.24, 2.45) is 0 Å². The van der Waals surface area contributed by atoms with Gasteiger partial charge in [0.05, 0.1) is 0 Å². The number of aliphatic hydroxyl groups excluding tert-OH is 1. The first-order chi connectivity index (χ1) is 12.8. The molecule has 0 unspecified atom stereocenters. The number of hydrogen-bond donors (Lipinski definition) is 2. The van der Waals surface area contributed by atoms with Crippen molar-refractivity contribution in [3.05, 3.63) is 0 Å². The molecular weight excluding hydrogens is 320 g/mol. The Hall–Kier alpha value is -0.0800. The highest BCUT2D eigenvalue weighted by molar-refractivity contribution is 4.51. The zero-order valence-corrected chi connectivity index (χ0v) is 18.0. The largest absolute Gasteiger partial charge is 0.368 e. The van der Waals surface area contributed by atoms with Gasteiger partial charge < -0.3 is 10.2 Å². The fourth-order valence-electron chi connectivity index (χ4n) is 3.76. The van der Waals surface area contributed by atoms with E-state index in [0.29, 0.717) is 6.42 Å². The molecule has 0 aliphatic heterocycles. The maximum absolute atomic E-state index is 8.77. The molecule has 0 radical (unpaired) electrons. The summed E-state index contributed by atoms with van der Waals surface area (Å²) in [5, 5.41) is 17.5. The fraction of sp³-hybridized carbons (Fsp3) is 1.00. The van der Waals surface area contributed by atoms with Gasteiger partial charge in [-0.15, -0.1) is 0 Å². The van der Waals surface area contributed by atoms with Crippen LogP contribution in [0.1, 0.15) is 148 Å². The Morgan fingerprint density at radius 1 is 0.385 bits per heavy atom. The summed E-state index contributed by atoms with van der Waals surface area (Å²) in [6.45, 7) is 2.29. The summed E-state index contributed by atoms with van der Waals surface area (Å²) in [5.74, 6) is 0. The number of rotatable bonds is 22. The first-order valence-electron chi connectivity index (χ1n) is 12.1. The lowest BCUT2D eigenvalue weighted by molar-refractivity contribution is -0.0466. The molecule has 0 heterocycles. The maximum Gasteiger partial charge on any atom is 0.151 e. The van der Waals surface area contributed by atoms with E-state index in [4.69, 9.17) is 10.2 Å². The lowest BCUT2D eigenvalue weighted by Gasteiger charge is -2.04. The number of hydrogen-bond acceptors (Lipinski definition) is 2. The Balaban J connectivity index is 2.97. The quantitative estimate of drug-likeness (QED) is 0.150. The summed E-state index contributed by atoms with van der Waals surface area (Å²) >= 11 is 0. The molecule has 0 amide bonds. The molecule has 0 fully saturated rings. The van der Waals surface area contributed by atoms with Crippen molar-refractivity contribution in [2.45, 2.75) is 154 Å². The predicted molar refractivity (Wildman–Crippen MR) is 115 cm³/mol. The van der Waals surface area contributed by atoms with Crippen molar-refractivity contribution in [3.8, 4) is 0 Å². The minimum absolute atomic E-state index is 0.541. The minimum Gasteiger partial charge on any atom is -0.368 e. The van der Waals surface area contributed by atoms with Crippen molar-refractivity contribution in [2.75, 3.05) is 0 Å². The Morgan fingerprint density at radius 3 is 0.846 bits per heavy atom. The van der Waals surface area contributed by atoms with Crippen molar-refractivity contribution in [1.29, 1.82) is 0 Å². The molecule has 26 heavy (non-hydrogen) atoms. The van der Waals surface area contributed by atoms with Crippen LogP contribution < -0.4 is 0 Å². The van der Waals surface area contributed by atoms with E-state index in [1.54, 1.807) is 0 Å². The second-order valence-electron chi connectivity index (χ2n) is 8.34. The molecule has 0 aromatic carbocycles. The van der Waals surface area contributed by atoms with Gasteiger partial charge in [-0.1, -0.05) is 135 Å². The topological polar surface area (TPSA) is 40.5 Å². The third kappa shape index (κ3) is 23.9. The molecule has 0 rings (SSSR count). The second-order valence-corrected chi connectivity index (χ2v) is 8.34. The van der Waals surface area contributed by atoms with Crippen molar-refractivity contribution >= 4 is 0 Å². The fourth-order valence-corrected chi connectivity index (χ4v) is 3.76. The van der Waals surface area contributed by atoms with Gasteiger partial charge in [0.15, 0.2) is 6.29 Å². The van der Waals surface area contributed by atoms with Crippen molar-refractivity contribution < 1.29 is 10.2 Å². The van der Waals surface area contributed by atoms with Gasteiger partial charge in [0.1, 0.15) is 0 Å². The normalized spacial score (nSPS) is 11.5. The van der Waals surface area contributed by atoms with E-state index >= 15 is 0 Å². The number of aliphatic hydroxyl groups is 2. The summed E-state index contributed by atoms with van der Waals surface area (Å²) in [5.41, 5.74) is 0. The van der Waals surface area contributed by atoms with Crippen LogP contribution in [0.15, 0.2) is 0 Å². The van der Waals surface area contributed by atoms with Gasteiger partial charge in [0.25, 0.3) is 0 Å². The average Bonchev–Trinajstić information content (AvgIpc) is 2.62. The SMILES string of the molecule is CCCCCCCCCCCCCCCCCCCCCCCC(O)O. The highest BCUT2D eigenvalue weighted by Crippen LogP contribution is 2.15. The van der Waals surface area contributed by atoms with Gasteiger partial charge in [0, 0.05) is 0 Å². The maximum atomic E-state index is 8.77. The molecular formula is C24H50O2. The summed E-state index contributed by atoms with van der Waals surface area (Å²) in [6, 6.07) is 0. The van der Waals surface area contributed by atoms with Gasteiger partial charge in [-0.05, 0) is 12.8 Å². The molecule has 158 valence electrons. The average molecular weight is 371 g/mol. The van der Waals surface area contributed by atoms with Crippen LogP contribution >= 0.6 is 0 Å². The molecule has 0 bridgehead atoms. The zero-order chi connectivity index (χ0) is 19.1. The smallest absolute Gasteiger partial charge is 0.151 e. The molecule has 0 spiro atoms. The van der Waals surface area contributed by atoms with Gasteiger partial charge >= 0.3 is 0 Å². The van der Waals surface area contributed by atoms with Crippen molar-refractivity contribution in [1.82, 2.24) is 0 Å². The Labute approximate surface area is 165 Å². The highest BCUT2D eigenvalue weighted by Gasteiger charge is 1.97. The zero-order valence-electron chi connectivity index (χ0n) is 18.0. The van der Waals surface area contributed by atoms with E-state index in [-0.39, 0.29) is 0 Å². The van der Waals surface area contributed by atoms with Crippen LogP contribution in [0.5, 0.6) is 0 Å². The number of unbranched alkanes of at least 4 members (excludes halogenated alkanes) is 20. The third-order valence-electron chi connectivity index (χ3n) is 5.57. The molecule has 2 N–H and O–H groups in total. The van der Waals surface area contributed by atoms with Gasteiger partial charge in [0.2, 0.25) is 0 Å². The molecule has 2 heteroatoms. The molecule has 0 aliphatic rings. The van der Waals surface area contributed by atoms with Crippen LogP contribution in [0.2, 0.25) is 0 Å². The summed E-state index contributed by atoms with van der Waals surface area (Å²) < 4.78 is 0.